The summed E-state index contributed by atoms with van der Waals surface area (Å²) in [5.41, 5.74) is -1.12. The largest absolute Gasteiger partial charge is 0.416 e. The maximum Gasteiger partial charge on any atom is 0.416 e. The van der Waals surface area contributed by atoms with Crippen LogP contribution in [0.2, 0.25) is 5.02 Å². The molecule has 0 heterocycles. The fourth-order valence-corrected chi connectivity index (χ4v) is 2.36. The normalized spacial score (nSPS) is 12.9. The molecule has 0 saturated heterocycles. The Morgan fingerprint density at radius 3 is 2.13 bits per heavy atom. The van der Waals surface area contributed by atoms with Crippen LogP contribution in [0.5, 0.6) is 0 Å². The minimum absolute atomic E-state index is 0.349. The Kier molecular flexibility index (Phi) is 3.23. The van der Waals surface area contributed by atoms with Crippen LogP contribution in [-0.4, -0.2) is 8.42 Å². The lowest BCUT2D eigenvalue weighted by molar-refractivity contribution is -0.137. The summed E-state index contributed by atoms with van der Waals surface area (Å²) in [4.78, 5) is -0.749. The van der Waals surface area contributed by atoms with Gasteiger partial charge in [0.1, 0.15) is 4.90 Å². The first-order valence-corrected chi connectivity index (χ1v) is 6.12. The number of halogens is 5. The van der Waals surface area contributed by atoms with Gasteiger partial charge in [0.15, 0.2) is 0 Å². The van der Waals surface area contributed by atoms with E-state index in [-0.39, 0.29) is 5.02 Å². The molecule has 0 aliphatic carbocycles. The highest BCUT2D eigenvalue weighted by Gasteiger charge is 2.32. The van der Waals surface area contributed by atoms with Crippen LogP contribution < -0.4 is 0 Å². The summed E-state index contributed by atoms with van der Waals surface area (Å²) in [7, 11) is 0.630. The molecule has 8 heteroatoms. The van der Waals surface area contributed by atoms with Crippen LogP contribution in [0.3, 0.4) is 0 Å². The molecular formula is C7H3Cl2F3O2S. The first-order valence-electron chi connectivity index (χ1n) is 3.44. The number of rotatable bonds is 1. The molecule has 0 saturated carbocycles. The molecule has 0 radical (unpaired) electrons. The predicted molar refractivity (Wildman–Crippen MR) is 49.5 cm³/mol. The Bertz CT molecular complexity index is 481. The maximum absolute atomic E-state index is 12.2. The summed E-state index contributed by atoms with van der Waals surface area (Å²) in [6, 6.07) is 1.90. The second-order valence-corrected chi connectivity index (χ2v) is 5.52. The standard InChI is InChI=1S/C7H3Cl2F3O2S/c8-5-2-1-4(7(10,11)12)3-6(5)15(9,13)14/h1-3H. The van der Waals surface area contributed by atoms with Gasteiger partial charge in [-0.3, -0.25) is 0 Å². The van der Waals surface area contributed by atoms with Gasteiger partial charge in [-0.05, 0) is 18.2 Å². The topological polar surface area (TPSA) is 34.1 Å². The second kappa shape index (κ2) is 3.84. The average Bonchev–Trinajstić information content (AvgIpc) is 2.00. The Morgan fingerprint density at radius 2 is 1.73 bits per heavy atom. The van der Waals surface area contributed by atoms with Crippen LogP contribution in [0.1, 0.15) is 5.56 Å². The monoisotopic (exact) mass is 278 g/mol. The van der Waals surface area contributed by atoms with Crippen molar-refractivity contribution in [3.63, 3.8) is 0 Å². The fraction of sp³-hybridized carbons (Fsp3) is 0.143. The lowest BCUT2D eigenvalue weighted by atomic mass is 10.2. The molecule has 15 heavy (non-hydrogen) atoms. The van der Waals surface area contributed by atoms with E-state index in [0.717, 1.165) is 6.07 Å². The van der Waals surface area contributed by atoms with Crippen LogP contribution in [0.4, 0.5) is 13.2 Å². The molecule has 0 fully saturated rings. The first kappa shape index (κ1) is 12.6. The van der Waals surface area contributed by atoms with Crippen molar-refractivity contribution in [2.75, 3.05) is 0 Å². The lowest BCUT2D eigenvalue weighted by Gasteiger charge is -2.08. The minimum Gasteiger partial charge on any atom is -0.207 e. The van der Waals surface area contributed by atoms with E-state index in [1.165, 1.54) is 0 Å². The van der Waals surface area contributed by atoms with Gasteiger partial charge in [0.2, 0.25) is 0 Å². The molecule has 2 nitrogen and oxygen atoms in total. The highest BCUT2D eigenvalue weighted by molar-refractivity contribution is 8.13. The SMILES string of the molecule is O=S(=O)(Cl)c1cc(C(F)(F)F)ccc1Cl. The summed E-state index contributed by atoms with van der Waals surface area (Å²) in [5.74, 6) is 0. The smallest absolute Gasteiger partial charge is 0.207 e. The highest BCUT2D eigenvalue weighted by Crippen LogP contribution is 2.34. The van der Waals surface area contributed by atoms with E-state index in [0.29, 0.717) is 12.1 Å². The molecule has 1 rings (SSSR count). The van der Waals surface area contributed by atoms with Crippen molar-refractivity contribution in [2.24, 2.45) is 0 Å². The van der Waals surface area contributed by atoms with Crippen LogP contribution >= 0.6 is 22.3 Å². The molecule has 0 amide bonds. The lowest BCUT2D eigenvalue weighted by Crippen LogP contribution is -2.06. The van der Waals surface area contributed by atoms with Crippen LogP contribution in [0.15, 0.2) is 23.1 Å². The van der Waals surface area contributed by atoms with Gasteiger partial charge < -0.3 is 0 Å². The molecular weight excluding hydrogens is 276 g/mol. The zero-order chi connectivity index (χ0) is 11.9. The number of hydrogen-bond donors (Lipinski definition) is 0. The van der Waals surface area contributed by atoms with Crippen LogP contribution in [-0.2, 0) is 15.2 Å². The van der Waals surface area contributed by atoms with Gasteiger partial charge in [0.05, 0.1) is 10.6 Å². The molecule has 0 unspecified atom stereocenters. The minimum atomic E-state index is -4.64. The Balaban J connectivity index is 3.43. The van der Waals surface area contributed by atoms with Gasteiger partial charge in [-0.25, -0.2) is 8.42 Å². The van der Waals surface area contributed by atoms with E-state index >= 15 is 0 Å². The van der Waals surface area contributed by atoms with E-state index in [1.807, 2.05) is 0 Å². The fourth-order valence-electron chi connectivity index (χ4n) is 0.867. The molecule has 0 spiro atoms. The second-order valence-electron chi connectivity index (χ2n) is 2.58. The third kappa shape index (κ3) is 2.99. The first-order chi connectivity index (χ1) is 6.62. The maximum atomic E-state index is 12.2. The molecule has 0 bridgehead atoms. The summed E-state index contributed by atoms with van der Waals surface area (Å²) >= 11 is 5.40. The summed E-state index contributed by atoms with van der Waals surface area (Å²) in [6.45, 7) is 0. The van der Waals surface area contributed by atoms with Gasteiger partial charge in [-0.1, -0.05) is 11.6 Å². The van der Waals surface area contributed by atoms with E-state index in [1.54, 1.807) is 0 Å². The molecule has 84 valence electrons. The number of alkyl halides is 3. The van der Waals surface area contributed by atoms with E-state index in [2.05, 4.69) is 0 Å². The third-order valence-electron chi connectivity index (χ3n) is 1.52. The quantitative estimate of drug-likeness (QED) is 0.739. The Labute approximate surface area is 93.0 Å². The zero-order valence-corrected chi connectivity index (χ0v) is 9.17. The van der Waals surface area contributed by atoms with Crippen molar-refractivity contribution in [1.82, 2.24) is 0 Å². The predicted octanol–water partition coefficient (Wildman–Crippen LogP) is 3.29. The molecule has 0 aliphatic heterocycles. The van der Waals surface area contributed by atoms with E-state index < -0.39 is 25.7 Å². The third-order valence-corrected chi connectivity index (χ3v) is 3.32. The highest BCUT2D eigenvalue weighted by atomic mass is 35.7. The van der Waals surface area contributed by atoms with Gasteiger partial charge in [-0.15, -0.1) is 0 Å². The zero-order valence-electron chi connectivity index (χ0n) is 6.85. The number of hydrogen-bond acceptors (Lipinski definition) is 2. The molecule has 0 aliphatic rings. The van der Waals surface area contributed by atoms with Crippen molar-refractivity contribution >= 4 is 31.3 Å². The molecule has 0 N–H and O–H groups in total. The molecule has 0 aromatic heterocycles. The number of benzene rings is 1. The van der Waals surface area contributed by atoms with Crippen molar-refractivity contribution in [1.29, 1.82) is 0 Å². The van der Waals surface area contributed by atoms with Crippen LogP contribution in [0, 0.1) is 0 Å². The van der Waals surface area contributed by atoms with Crippen molar-refractivity contribution in [2.45, 2.75) is 11.1 Å². The summed E-state index contributed by atoms with van der Waals surface area (Å²) < 4.78 is 58.3. The van der Waals surface area contributed by atoms with Gasteiger partial charge in [0, 0.05) is 10.7 Å². The van der Waals surface area contributed by atoms with Crippen molar-refractivity contribution in [3.05, 3.63) is 28.8 Å². The van der Waals surface area contributed by atoms with Crippen LogP contribution in [0.25, 0.3) is 0 Å². The average molecular weight is 279 g/mol. The molecule has 1 aromatic rings. The summed E-state index contributed by atoms with van der Waals surface area (Å²) in [6.07, 6.45) is -4.64. The van der Waals surface area contributed by atoms with E-state index in [9.17, 15) is 21.6 Å². The van der Waals surface area contributed by atoms with Crippen molar-refractivity contribution < 1.29 is 21.6 Å². The van der Waals surface area contributed by atoms with E-state index in [4.69, 9.17) is 22.3 Å². The van der Waals surface area contributed by atoms with Gasteiger partial charge >= 0.3 is 6.18 Å². The Morgan fingerprint density at radius 1 is 1.20 bits per heavy atom. The van der Waals surface area contributed by atoms with Crippen molar-refractivity contribution in [3.8, 4) is 0 Å². The molecule has 1 aromatic carbocycles. The Hall–Kier alpha value is -0.460. The van der Waals surface area contributed by atoms with Gasteiger partial charge in [0.25, 0.3) is 9.05 Å². The van der Waals surface area contributed by atoms with Gasteiger partial charge in [-0.2, -0.15) is 13.2 Å². The molecule has 0 atom stereocenters. The summed E-state index contributed by atoms with van der Waals surface area (Å²) in [5, 5.41) is -0.349.